The Labute approximate surface area is 185 Å². The summed E-state index contributed by atoms with van der Waals surface area (Å²) in [5.74, 6) is 1.04. The number of nitrogens with two attached hydrogens (primary N) is 1. The van der Waals surface area contributed by atoms with Gasteiger partial charge in [-0.15, -0.1) is 11.3 Å². The molecule has 6 heteroatoms. The molecule has 0 saturated carbocycles. The number of nitrogens with one attached hydrogen (secondary N) is 1. The molecule has 0 fully saturated rings. The van der Waals surface area contributed by atoms with Gasteiger partial charge < -0.3 is 15.8 Å². The number of ether oxygens (including phenoxy) is 1. The minimum Gasteiger partial charge on any atom is -0.497 e. The SMILES string of the molecule is CC[C@@H](C)c1ccc(NC(=O)c2sc3nc(-c4cccc(OC)c4)ccc3c2N)cc1. The lowest BCUT2D eigenvalue weighted by molar-refractivity contribution is 0.103. The number of hydrogen-bond donors (Lipinski definition) is 2. The van der Waals surface area contributed by atoms with Crippen LogP contribution in [0.1, 0.15) is 41.4 Å². The van der Waals surface area contributed by atoms with Crippen molar-refractivity contribution in [3.8, 4) is 17.0 Å². The number of pyridine rings is 1. The van der Waals surface area contributed by atoms with E-state index in [1.54, 1.807) is 7.11 Å². The van der Waals surface area contributed by atoms with E-state index >= 15 is 0 Å². The molecule has 0 spiro atoms. The number of fused-ring (bicyclic) bond motifs is 1. The van der Waals surface area contributed by atoms with E-state index in [4.69, 9.17) is 15.5 Å². The molecular weight excluding hydrogens is 406 g/mol. The number of nitrogens with zero attached hydrogens (tertiary/aromatic N) is 1. The van der Waals surface area contributed by atoms with Crippen LogP contribution in [-0.2, 0) is 0 Å². The number of carbonyl (C=O) groups excluding carboxylic acids is 1. The minimum absolute atomic E-state index is 0.222. The Balaban J connectivity index is 1.60. The van der Waals surface area contributed by atoms with Crippen LogP contribution in [0.5, 0.6) is 5.75 Å². The van der Waals surface area contributed by atoms with Gasteiger partial charge in [0, 0.05) is 16.6 Å². The first-order chi connectivity index (χ1) is 15.0. The molecule has 1 atom stereocenters. The van der Waals surface area contributed by atoms with Gasteiger partial charge in [-0.1, -0.05) is 38.1 Å². The molecule has 5 nitrogen and oxygen atoms in total. The first-order valence-corrected chi connectivity index (χ1v) is 11.1. The zero-order chi connectivity index (χ0) is 22.0. The van der Waals surface area contributed by atoms with E-state index < -0.39 is 0 Å². The third kappa shape index (κ3) is 4.25. The van der Waals surface area contributed by atoms with E-state index in [2.05, 4.69) is 31.3 Å². The highest BCUT2D eigenvalue weighted by Crippen LogP contribution is 2.35. The number of carbonyl (C=O) groups is 1. The highest BCUT2D eigenvalue weighted by atomic mass is 32.1. The number of thiophene rings is 1. The summed E-state index contributed by atoms with van der Waals surface area (Å²) in [6.07, 6.45) is 1.08. The summed E-state index contributed by atoms with van der Waals surface area (Å²) in [6, 6.07) is 19.5. The Morgan fingerprint density at radius 3 is 2.65 bits per heavy atom. The summed E-state index contributed by atoms with van der Waals surface area (Å²) >= 11 is 1.30. The second-order valence-electron chi connectivity index (χ2n) is 7.51. The molecule has 0 bridgehead atoms. The Kier molecular flexibility index (Phi) is 5.91. The lowest BCUT2D eigenvalue weighted by Crippen LogP contribution is -2.12. The van der Waals surface area contributed by atoms with Gasteiger partial charge in [-0.05, 0) is 54.3 Å². The topological polar surface area (TPSA) is 77.2 Å². The van der Waals surface area contributed by atoms with Crippen LogP contribution < -0.4 is 15.8 Å². The molecule has 0 radical (unpaired) electrons. The maximum Gasteiger partial charge on any atom is 0.267 e. The van der Waals surface area contributed by atoms with Crippen LogP contribution in [0.3, 0.4) is 0 Å². The van der Waals surface area contributed by atoms with Gasteiger partial charge in [-0.2, -0.15) is 0 Å². The fraction of sp³-hybridized carbons (Fsp3) is 0.200. The third-order valence-corrected chi connectivity index (χ3v) is 6.63. The summed E-state index contributed by atoms with van der Waals surface area (Å²) in [6.45, 7) is 4.36. The van der Waals surface area contributed by atoms with E-state index in [0.717, 1.165) is 39.3 Å². The molecule has 4 aromatic rings. The van der Waals surface area contributed by atoms with Crippen LogP contribution in [-0.4, -0.2) is 18.0 Å². The summed E-state index contributed by atoms with van der Waals surface area (Å²) < 4.78 is 5.30. The molecule has 3 N–H and O–H groups in total. The van der Waals surface area contributed by atoms with Crippen LogP contribution in [0.25, 0.3) is 21.5 Å². The Hall–Kier alpha value is -3.38. The van der Waals surface area contributed by atoms with E-state index in [9.17, 15) is 4.79 Å². The number of amides is 1. The number of hydrogen-bond acceptors (Lipinski definition) is 5. The highest BCUT2D eigenvalue weighted by molar-refractivity contribution is 7.21. The van der Waals surface area contributed by atoms with E-state index in [-0.39, 0.29) is 5.91 Å². The van der Waals surface area contributed by atoms with E-state index in [0.29, 0.717) is 16.5 Å². The Bertz CT molecular complexity index is 1230. The van der Waals surface area contributed by atoms with Crippen molar-refractivity contribution < 1.29 is 9.53 Å². The molecule has 2 aromatic carbocycles. The Morgan fingerprint density at radius 2 is 1.94 bits per heavy atom. The average molecular weight is 432 g/mol. The number of aromatic nitrogens is 1. The van der Waals surface area contributed by atoms with E-state index in [1.807, 2.05) is 48.5 Å². The van der Waals surface area contributed by atoms with Crippen molar-refractivity contribution in [2.24, 2.45) is 0 Å². The molecule has 0 saturated heterocycles. The molecule has 31 heavy (non-hydrogen) atoms. The summed E-state index contributed by atoms with van der Waals surface area (Å²) in [5.41, 5.74) is 10.5. The number of rotatable bonds is 6. The third-order valence-electron chi connectivity index (χ3n) is 5.52. The largest absolute Gasteiger partial charge is 0.497 e. The zero-order valence-electron chi connectivity index (χ0n) is 17.8. The summed E-state index contributed by atoms with van der Waals surface area (Å²) in [4.78, 5) is 18.8. The van der Waals surface area contributed by atoms with Gasteiger partial charge in [-0.3, -0.25) is 4.79 Å². The van der Waals surface area contributed by atoms with Crippen LogP contribution >= 0.6 is 11.3 Å². The standard InChI is InChI=1S/C25H25N3O2S/c1-4-15(2)16-8-10-18(11-9-16)27-24(29)23-22(26)20-12-13-21(28-25(20)31-23)17-6-5-7-19(14-17)30-3/h5-15H,4,26H2,1-3H3,(H,27,29)/t15-/m1/s1. The second-order valence-corrected chi connectivity index (χ2v) is 8.51. The monoisotopic (exact) mass is 431 g/mol. The first kappa shape index (κ1) is 20.9. The quantitative estimate of drug-likeness (QED) is 0.374. The van der Waals surface area contributed by atoms with Crippen molar-refractivity contribution in [2.75, 3.05) is 18.2 Å². The number of anilines is 2. The normalized spacial score (nSPS) is 12.0. The van der Waals surface area contributed by atoms with Crippen molar-refractivity contribution in [2.45, 2.75) is 26.2 Å². The maximum atomic E-state index is 12.9. The molecule has 0 aliphatic rings. The van der Waals surface area contributed by atoms with E-state index in [1.165, 1.54) is 16.9 Å². The van der Waals surface area contributed by atoms with Crippen molar-refractivity contribution in [1.82, 2.24) is 4.98 Å². The zero-order valence-corrected chi connectivity index (χ0v) is 18.6. The van der Waals surface area contributed by atoms with Gasteiger partial charge in [0.15, 0.2) is 0 Å². The fourth-order valence-electron chi connectivity index (χ4n) is 3.43. The van der Waals surface area contributed by atoms with Gasteiger partial charge in [0.1, 0.15) is 15.5 Å². The number of benzene rings is 2. The van der Waals surface area contributed by atoms with Crippen molar-refractivity contribution in [3.05, 3.63) is 71.1 Å². The first-order valence-electron chi connectivity index (χ1n) is 10.2. The van der Waals surface area contributed by atoms with Gasteiger partial charge >= 0.3 is 0 Å². The van der Waals surface area contributed by atoms with Gasteiger partial charge in [0.25, 0.3) is 5.91 Å². The number of nitrogen functional groups attached to an aromatic ring is 1. The summed E-state index contributed by atoms with van der Waals surface area (Å²) in [5, 5.41) is 3.74. The molecule has 2 aromatic heterocycles. The molecule has 2 heterocycles. The van der Waals surface area contributed by atoms with Crippen molar-refractivity contribution in [3.63, 3.8) is 0 Å². The predicted octanol–water partition coefficient (Wildman–Crippen LogP) is 6.32. The predicted molar refractivity (Wildman–Crippen MR) is 129 cm³/mol. The second kappa shape index (κ2) is 8.78. The van der Waals surface area contributed by atoms with Crippen LogP contribution in [0.4, 0.5) is 11.4 Å². The number of methoxy groups -OCH3 is 1. The molecule has 0 aliphatic heterocycles. The lowest BCUT2D eigenvalue weighted by atomic mass is 9.99. The molecule has 158 valence electrons. The van der Waals surface area contributed by atoms with Crippen molar-refractivity contribution >= 4 is 38.8 Å². The van der Waals surface area contributed by atoms with Crippen LogP contribution in [0, 0.1) is 0 Å². The van der Waals surface area contributed by atoms with Gasteiger partial charge in [0.05, 0.1) is 18.5 Å². The van der Waals surface area contributed by atoms with Gasteiger partial charge in [-0.25, -0.2) is 4.98 Å². The average Bonchev–Trinajstić information content (AvgIpc) is 3.15. The molecule has 0 aliphatic carbocycles. The molecule has 4 rings (SSSR count). The fourth-order valence-corrected chi connectivity index (χ4v) is 4.42. The van der Waals surface area contributed by atoms with Crippen LogP contribution in [0.15, 0.2) is 60.7 Å². The Morgan fingerprint density at radius 1 is 1.16 bits per heavy atom. The molecule has 0 unspecified atom stereocenters. The van der Waals surface area contributed by atoms with Crippen molar-refractivity contribution in [1.29, 1.82) is 0 Å². The van der Waals surface area contributed by atoms with Gasteiger partial charge in [0.2, 0.25) is 0 Å². The minimum atomic E-state index is -0.222. The summed E-state index contributed by atoms with van der Waals surface area (Å²) in [7, 11) is 1.64. The highest BCUT2D eigenvalue weighted by Gasteiger charge is 2.18. The lowest BCUT2D eigenvalue weighted by Gasteiger charge is -2.10. The molecular formula is C25H25N3O2S. The molecule has 1 amide bonds. The maximum absolute atomic E-state index is 12.9. The smallest absolute Gasteiger partial charge is 0.267 e. The van der Waals surface area contributed by atoms with Crippen LogP contribution in [0.2, 0.25) is 0 Å².